The third kappa shape index (κ3) is 4.70. The van der Waals surface area contributed by atoms with Gasteiger partial charge in [-0.05, 0) is 51.1 Å². The molecular formula is C21H28FN3O2S. The summed E-state index contributed by atoms with van der Waals surface area (Å²) in [7, 11) is 1.44. The molecule has 0 atom stereocenters. The maximum Gasteiger partial charge on any atom is 0.265 e. The Kier molecular flexibility index (Phi) is 7.02. The van der Waals surface area contributed by atoms with E-state index in [0.717, 1.165) is 39.1 Å². The van der Waals surface area contributed by atoms with Gasteiger partial charge >= 0.3 is 0 Å². The van der Waals surface area contributed by atoms with Gasteiger partial charge < -0.3 is 14.5 Å². The SMILES string of the molecule is CCCCN1CCCN(C(=O)c2sc(-c3ccc(OC)c(F)c3)nc2C)CC1. The summed E-state index contributed by atoms with van der Waals surface area (Å²) in [5.74, 6) is -0.196. The summed E-state index contributed by atoms with van der Waals surface area (Å²) in [5.41, 5.74) is 1.36. The highest BCUT2D eigenvalue weighted by atomic mass is 32.1. The highest BCUT2D eigenvalue weighted by molar-refractivity contribution is 7.17. The number of hydrogen-bond donors (Lipinski definition) is 0. The summed E-state index contributed by atoms with van der Waals surface area (Å²) in [5, 5.41) is 0.654. The Morgan fingerprint density at radius 1 is 1.29 bits per heavy atom. The molecule has 0 aliphatic carbocycles. The molecule has 1 amide bonds. The first-order chi connectivity index (χ1) is 13.5. The lowest BCUT2D eigenvalue weighted by molar-refractivity contribution is 0.0765. The van der Waals surface area contributed by atoms with Gasteiger partial charge in [0.1, 0.15) is 9.88 Å². The van der Waals surface area contributed by atoms with Crippen molar-refractivity contribution < 1.29 is 13.9 Å². The number of methoxy groups -OCH3 is 1. The Morgan fingerprint density at radius 3 is 2.82 bits per heavy atom. The maximum atomic E-state index is 14.0. The fraction of sp³-hybridized carbons (Fsp3) is 0.524. The molecule has 1 aromatic carbocycles. The van der Waals surface area contributed by atoms with Crippen molar-refractivity contribution in [2.45, 2.75) is 33.1 Å². The summed E-state index contributed by atoms with van der Waals surface area (Å²) in [6.45, 7) is 8.62. The minimum absolute atomic E-state index is 0.0348. The van der Waals surface area contributed by atoms with Crippen LogP contribution < -0.4 is 4.74 Å². The van der Waals surface area contributed by atoms with Crippen LogP contribution in [0.1, 0.15) is 41.6 Å². The number of thiazole rings is 1. The lowest BCUT2D eigenvalue weighted by atomic mass is 10.2. The van der Waals surface area contributed by atoms with E-state index in [2.05, 4.69) is 16.8 Å². The molecular weight excluding hydrogens is 377 g/mol. The molecule has 1 fully saturated rings. The number of carbonyl (C=O) groups is 1. The monoisotopic (exact) mass is 405 g/mol. The first-order valence-electron chi connectivity index (χ1n) is 9.86. The largest absolute Gasteiger partial charge is 0.494 e. The highest BCUT2D eigenvalue weighted by Crippen LogP contribution is 2.31. The Labute approximate surface area is 170 Å². The smallest absolute Gasteiger partial charge is 0.265 e. The number of aromatic nitrogens is 1. The molecule has 5 nitrogen and oxygen atoms in total. The Balaban J connectivity index is 1.73. The summed E-state index contributed by atoms with van der Waals surface area (Å²) in [6.07, 6.45) is 3.38. The first-order valence-corrected chi connectivity index (χ1v) is 10.7. The van der Waals surface area contributed by atoms with Gasteiger partial charge in [0.25, 0.3) is 5.91 Å². The number of nitrogens with zero attached hydrogens (tertiary/aromatic N) is 3. The number of ether oxygens (including phenoxy) is 1. The first kappa shape index (κ1) is 20.7. The van der Waals surface area contributed by atoms with Gasteiger partial charge in [0.15, 0.2) is 11.6 Å². The minimum atomic E-state index is -0.430. The number of halogens is 1. The summed E-state index contributed by atoms with van der Waals surface area (Å²) >= 11 is 1.33. The van der Waals surface area contributed by atoms with Crippen molar-refractivity contribution in [3.63, 3.8) is 0 Å². The molecule has 1 aliphatic heterocycles. The van der Waals surface area contributed by atoms with E-state index in [1.165, 1.54) is 37.4 Å². The van der Waals surface area contributed by atoms with Crippen molar-refractivity contribution in [2.24, 2.45) is 0 Å². The molecule has 0 bridgehead atoms. The quantitative estimate of drug-likeness (QED) is 0.722. The fourth-order valence-corrected chi connectivity index (χ4v) is 4.47. The van der Waals surface area contributed by atoms with Gasteiger partial charge in [-0.2, -0.15) is 0 Å². The van der Waals surface area contributed by atoms with Crippen LogP contribution in [0.2, 0.25) is 0 Å². The Hall–Kier alpha value is -1.99. The van der Waals surface area contributed by atoms with Gasteiger partial charge in [-0.15, -0.1) is 11.3 Å². The summed E-state index contributed by atoms with van der Waals surface area (Å²) < 4.78 is 19.0. The van der Waals surface area contributed by atoms with Gasteiger partial charge in [-0.3, -0.25) is 4.79 Å². The zero-order chi connectivity index (χ0) is 20.1. The molecule has 1 aromatic heterocycles. The van der Waals surface area contributed by atoms with Crippen LogP contribution >= 0.6 is 11.3 Å². The van der Waals surface area contributed by atoms with E-state index in [1.807, 2.05) is 11.8 Å². The molecule has 0 radical (unpaired) electrons. The van der Waals surface area contributed by atoms with Gasteiger partial charge in [0.2, 0.25) is 0 Å². The average molecular weight is 406 g/mol. The minimum Gasteiger partial charge on any atom is -0.494 e. The molecule has 152 valence electrons. The van der Waals surface area contributed by atoms with Crippen molar-refractivity contribution in [1.29, 1.82) is 0 Å². The van der Waals surface area contributed by atoms with Gasteiger partial charge in [0, 0.05) is 25.2 Å². The number of benzene rings is 1. The Bertz CT molecular complexity index is 824. The second-order valence-corrected chi connectivity index (χ2v) is 8.12. The van der Waals surface area contributed by atoms with Crippen LogP contribution in [0.3, 0.4) is 0 Å². The van der Waals surface area contributed by atoms with Crippen LogP contribution in [0.4, 0.5) is 4.39 Å². The second-order valence-electron chi connectivity index (χ2n) is 7.12. The molecule has 3 rings (SSSR count). The third-order valence-electron chi connectivity index (χ3n) is 5.09. The van der Waals surface area contributed by atoms with Gasteiger partial charge in [0.05, 0.1) is 12.8 Å². The van der Waals surface area contributed by atoms with Crippen LogP contribution in [0.5, 0.6) is 5.75 Å². The van der Waals surface area contributed by atoms with E-state index in [0.29, 0.717) is 21.1 Å². The maximum absolute atomic E-state index is 14.0. The molecule has 2 aromatic rings. The van der Waals surface area contributed by atoms with E-state index in [1.54, 1.807) is 12.1 Å². The third-order valence-corrected chi connectivity index (χ3v) is 6.29. The number of hydrogen-bond acceptors (Lipinski definition) is 5. The van der Waals surface area contributed by atoms with Crippen LogP contribution in [0.15, 0.2) is 18.2 Å². The standard InChI is InChI=1S/C21H28FN3O2S/c1-4-5-9-24-10-6-11-25(13-12-24)21(26)19-15(2)23-20(28-19)16-7-8-18(27-3)17(22)14-16/h7-8,14H,4-6,9-13H2,1-3H3. The second kappa shape index (κ2) is 9.47. The zero-order valence-electron chi connectivity index (χ0n) is 16.8. The van der Waals surface area contributed by atoms with E-state index in [9.17, 15) is 9.18 Å². The van der Waals surface area contributed by atoms with Crippen LogP contribution in [-0.2, 0) is 0 Å². The summed E-state index contributed by atoms with van der Waals surface area (Å²) in [6, 6.07) is 4.76. The average Bonchev–Trinajstić information content (AvgIpc) is 2.93. The van der Waals surface area contributed by atoms with Gasteiger partial charge in [-0.25, -0.2) is 9.37 Å². The highest BCUT2D eigenvalue weighted by Gasteiger charge is 2.24. The molecule has 0 unspecified atom stereocenters. The van der Waals surface area contributed by atoms with E-state index < -0.39 is 5.82 Å². The van der Waals surface area contributed by atoms with Gasteiger partial charge in [-0.1, -0.05) is 13.3 Å². The lowest BCUT2D eigenvalue weighted by Gasteiger charge is -2.21. The van der Waals surface area contributed by atoms with Crippen molar-refractivity contribution in [3.05, 3.63) is 34.6 Å². The molecule has 1 saturated heterocycles. The molecule has 0 N–H and O–H groups in total. The number of unbranched alkanes of at least 4 members (excludes halogenated alkanes) is 1. The van der Waals surface area contributed by atoms with E-state index in [4.69, 9.17) is 4.74 Å². The summed E-state index contributed by atoms with van der Waals surface area (Å²) in [4.78, 5) is 22.6. The number of amides is 1. The molecule has 7 heteroatoms. The number of carbonyl (C=O) groups excluding carboxylic acids is 1. The van der Waals surface area contributed by atoms with Crippen LogP contribution in [0, 0.1) is 12.7 Å². The molecule has 0 spiro atoms. The van der Waals surface area contributed by atoms with Crippen molar-refractivity contribution in [1.82, 2.24) is 14.8 Å². The zero-order valence-corrected chi connectivity index (χ0v) is 17.6. The molecule has 0 saturated carbocycles. The fourth-order valence-electron chi connectivity index (χ4n) is 3.44. The van der Waals surface area contributed by atoms with E-state index in [-0.39, 0.29) is 11.7 Å². The van der Waals surface area contributed by atoms with Crippen LogP contribution in [0.25, 0.3) is 10.6 Å². The predicted molar refractivity (Wildman–Crippen MR) is 111 cm³/mol. The Morgan fingerprint density at radius 2 is 2.11 bits per heavy atom. The van der Waals surface area contributed by atoms with Crippen molar-refractivity contribution in [2.75, 3.05) is 39.8 Å². The lowest BCUT2D eigenvalue weighted by Crippen LogP contribution is -2.35. The molecule has 2 heterocycles. The normalized spacial score (nSPS) is 15.5. The van der Waals surface area contributed by atoms with Crippen molar-refractivity contribution >= 4 is 17.2 Å². The predicted octanol–water partition coefficient (Wildman–Crippen LogP) is 4.21. The van der Waals surface area contributed by atoms with Crippen molar-refractivity contribution in [3.8, 4) is 16.3 Å². The van der Waals surface area contributed by atoms with Crippen LogP contribution in [-0.4, -0.2) is 60.5 Å². The molecule has 28 heavy (non-hydrogen) atoms. The topological polar surface area (TPSA) is 45.7 Å². The number of aryl methyl sites for hydroxylation is 1. The molecule has 1 aliphatic rings. The van der Waals surface area contributed by atoms with E-state index >= 15 is 0 Å². The number of rotatable bonds is 6.